The van der Waals surface area contributed by atoms with Crippen molar-refractivity contribution in [3.63, 3.8) is 0 Å². The predicted octanol–water partition coefficient (Wildman–Crippen LogP) is 13.0. The molecule has 2 nitrogen and oxygen atoms in total. The number of hydrogen-bond donors (Lipinski definition) is 0. The molecule has 48 heavy (non-hydrogen) atoms. The normalized spacial score (nSPS) is 31.9. The zero-order valence-corrected chi connectivity index (χ0v) is 36.0. The van der Waals surface area contributed by atoms with E-state index < -0.39 is 0 Å². The Morgan fingerprint density at radius 2 is 1.40 bits per heavy atom. The zero-order valence-electron chi connectivity index (χ0n) is 36.0. The molecule has 0 aromatic carbocycles. The van der Waals surface area contributed by atoms with Gasteiger partial charge in [0, 0.05) is 0 Å². The Morgan fingerprint density at radius 1 is 0.833 bits per heavy atom. The second kappa shape index (κ2) is 13.1. The summed E-state index contributed by atoms with van der Waals surface area (Å²) in [6.45, 7) is 52.1. The van der Waals surface area contributed by atoms with Crippen LogP contribution < -0.4 is 0 Å². The molecule has 3 radical (unpaired) electrons. The van der Waals surface area contributed by atoms with E-state index in [1.165, 1.54) is 31.2 Å². The molecular formula is C43H80B3O2. The minimum atomic E-state index is -0.191. The van der Waals surface area contributed by atoms with Crippen molar-refractivity contribution in [2.45, 2.75) is 233 Å². The SMILES string of the molecule is C=C(C)[B]C(C)(C)C(C)(CCC)C1CC1OC(C)(C)CC(C)(C)[B]C(C)(C)C1(C)C(C)C2(OC(C)(C)CC(C)([B]C(C)(C)C)CC)CC21. The molecule has 0 saturated heterocycles. The minimum Gasteiger partial charge on any atom is -0.372 e. The third-order valence-electron chi connectivity index (χ3n) is 14.1. The first-order valence-electron chi connectivity index (χ1n) is 19.9. The molecular weight excluding hydrogens is 581 g/mol. The van der Waals surface area contributed by atoms with E-state index in [1.54, 1.807) is 0 Å². The van der Waals surface area contributed by atoms with Crippen LogP contribution in [0.5, 0.6) is 0 Å². The van der Waals surface area contributed by atoms with Gasteiger partial charge in [0.25, 0.3) is 0 Å². The molecule has 3 aliphatic rings. The van der Waals surface area contributed by atoms with Crippen molar-refractivity contribution >= 4 is 21.8 Å². The molecule has 8 unspecified atom stereocenters. The predicted molar refractivity (Wildman–Crippen MR) is 215 cm³/mol. The van der Waals surface area contributed by atoms with Gasteiger partial charge in [-0.25, -0.2) is 0 Å². The fraction of sp³-hybridized carbons (Fsp3) is 0.953. The monoisotopic (exact) mass is 662 g/mol. The average molecular weight is 662 g/mol. The first kappa shape index (κ1) is 42.3. The van der Waals surface area contributed by atoms with Crippen LogP contribution in [0, 0.1) is 28.6 Å². The van der Waals surface area contributed by atoms with Crippen LogP contribution in [-0.4, -0.2) is 44.7 Å². The highest BCUT2D eigenvalue weighted by Crippen LogP contribution is 2.82. The topological polar surface area (TPSA) is 18.5 Å². The Morgan fingerprint density at radius 3 is 1.85 bits per heavy atom. The van der Waals surface area contributed by atoms with E-state index in [9.17, 15) is 0 Å². The number of allylic oxidation sites excluding steroid dienone is 1. The third-order valence-corrected chi connectivity index (χ3v) is 14.1. The third kappa shape index (κ3) is 8.55. The van der Waals surface area contributed by atoms with Gasteiger partial charge in [-0.2, -0.15) is 0 Å². The molecule has 3 rings (SSSR count). The number of ether oxygens (including phenoxy) is 2. The first-order valence-corrected chi connectivity index (χ1v) is 19.9. The first-order chi connectivity index (χ1) is 21.3. The van der Waals surface area contributed by atoms with E-state index in [0.717, 1.165) is 19.3 Å². The Hall–Kier alpha value is -0.145. The number of rotatable bonds is 19. The van der Waals surface area contributed by atoms with Crippen LogP contribution in [0.25, 0.3) is 0 Å². The molecule has 0 aliphatic heterocycles. The Kier molecular flexibility index (Phi) is 11.5. The number of fused-ring (bicyclic) bond motifs is 1. The quantitative estimate of drug-likeness (QED) is 0.128. The maximum Gasteiger partial charge on any atom is 0.152 e. The van der Waals surface area contributed by atoms with Gasteiger partial charge in [-0.15, -0.1) is 12.1 Å². The van der Waals surface area contributed by atoms with Crippen molar-refractivity contribution in [2.24, 2.45) is 28.6 Å². The smallest absolute Gasteiger partial charge is 0.152 e. The maximum absolute atomic E-state index is 7.25. The zero-order chi connectivity index (χ0) is 37.4. The maximum atomic E-state index is 7.25. The molecule has 3 aliphatic carbocycles. The van der Waals surface area contributed by atoms with Gasteiger partial charge < -0.3 is 9.47 Å². The van der Waals surface area contributed by atoms with Crippen LogP contribution in [0.2, 0.25) is 26.6 Å². The van der Waals surface area contributed by atoms with Crippen molar-refractivity contribution in [3.05, 3.63) is 12.1 Å². The summed E-state index contributed by atoms with van der Waals surface area (Å²) < 4.78 is 14.3. The average Bonchev–Trinajstić information content (AvgIpc) is 3.74. The second-order valence-corrected chi connectivity index (χ2v) is 22.4. The van der Waals surface area contributed by atoms with Crippen LogP contribution >= 0.6 is 0 Å². The van der Waals surface area contributed by atoms with Gasteiger partial charge in [0.05, 0.1) is 22.9 Å². The molecule has 273 valence electrons. The Labute approximate surface area is 304 Å². The van der Waals surface area contributed by atoms with Gasteiger partial charge in [0.15, 0.2) is 7.28 Å². The summed E-state index contributed by atoms with van der Waals surface area (Å²) >= 11 is 0. The van der Waals surface area contributed by atoms with Crippen molar-refractivity contribution in [2.75, 3.05) is 0 Å². The molecule has 0 amide bonds. The lowest BCUT2D eigenvalue weighted by atomic mass is 9.29. The van der Waals surface area contributed by atoms with Crippen molar-refractivity contribution in [1.82, 2.24) is 0 Å². The second-order valence-electron chi connectivity index (χ2n) is 22.4. The fourth-order valence-corrected chi connectivity index (χ4v) is 12.2. The summed E-state index contributed by atoms with van der Waals surface area (Å²) in [7, 11) is 7.68. The van der Waals surface area contributed by atoms with Crippen molar-refractivity contribution in [3.8, 4) is 0 Å². The van der Waals surface area contributed by atoms with Gasteiger partial charge >= 0.3 is 0 Å². The molecule has 0 aromatic heterocycles. The highest BCUT2D eigenvalue weighted by atomic mass is 16.5. The Bertz CT molecular complexity index is 1160. The van der Waals surface area contributed by atoms with Gasteiger partial charge in [0.1, 0.15) is 14.6 Å². The van der Waals surface area contributed by atoms with Crippen LogP contribution in [0.3, 0.4) is 0 Å². The van der Waals surface area contributed by atoms with E-state index in [0.29, 0.717) is 23.9 Å². The molecule has 0 heterocycles. The molecule has 0 N–H and O–H groups in total. The molecule has 8 atom stereocenters. The van der Waals surface area contributed by atoms with Crippen LogP contribution in [0.1, 0.15) is 183 Å². The summed E-state index contributed by atoms with van der Waals surface area (Å²) in [5, 5.41) is 0.571. The molecule has 0 spiro atoms. The lowest BCUT2D eigenvalue weighted by Crippen LogP contribution is -2.60. The highest BCUT2D eigenvalue weighted by Gasteiger charge is 2.82. The van der Waals surface area contributed by atoms with Crippen LogP contribution in [0.15, 0.2) is 12.1 Å². The van der Waals surface area contributed by atoms with E-state index in [4.69, 9.17) is 9.47 Å². The van der Waals surface area contributed by atoms with Gasteiger partial charge in [0.2, 0.25) is 0 Å². The van der Waals surface area contributed by atoms with Gasteiger partial charge in [-0.1, -0.05) is 150 Å². The summed E-state index contributed by atoms with van der Waals surface area (Å²) in [4.78, 5) is 0. The lowest BCUT2D eigenvalue weighted by Gasteiger charge is -2.62. The van der Waals surface area contributed by atoms with E-state index >= 15 is 0 Å². The molecule has 0 bridgehead atoms. The summed E-state index contributed by atoms with van der Waals surface area (Å²) in [5.74, 6) is 1.73. The van der Waals surface area contributed by atoms with E-state index in [1.807, 2.05) is 0 Å². The minimum absolute atomic E-state index is 0.0355. The standard InChI is InChI=1S/C43H80B3O2/c1-22-24-41(20,38(15,16)44-29(3)4)31-25-32(31)47-36(11,12)27-35(9,10)46-39(17,18)42(21)30(5)43(26-33(42)43)48-37(13,14)28-40(19,23-2)45-34(6,7)8/h30-33H,3,22-28H2,1-2,4-21H3. The molecule has 0 aromatic rings. The molecule has 3 fully saturated rings. The van der Waals surface area contributed by atoms with Crippen molar-refractivity contribution in [1.29, 1.82) is 0 Å². The van der Waals surface area contributed by atoms with Crippen LogP contribution in [-0.2, 0) is 9.47 Å². The van der Waals surface area contributed by atoms with Gasteiger partial charge in [-0.05, 0) is 88.4 Å². The summed E-state index contributed by atoms with van der Waals surface area (Å²) in [5.41, 5.74) is 1.27. The van der Waals surface area contributed by atoms with Crippen molar-refractivity contribution < 1.29 is 9.47 Å². The highest BCUT2D eigenvalue weighted by molar-refractivity contribution is 6.48. The number of hydrogen-bond acceptors (Lipinski definition) is 2. The molecule has 3 saturated carbocycles. The fourth-order valence-electron chi connectivity index (χ4n) is 12.2. The van der Waals surface area contributed by atoms with Gasteiger partial charge in [-0.3, -0.25) is 0 Å². The Balaban J connectivity index is 1.66. The lowest BCUT2D eigenvalue weighted by molar-refractivity contribution is -0.209. The van der Waals surface area contributed by atoms with E-state index in [2.05, 4.69) is 167 Å². The van der Waals surface area contributed by atoms with Crippen LogP contribution in [0.4, 0.5) is 0 Å². The summed E-state index contributed by atoms with van der Waals surface area (Å²) in [6, 6.07) is 0. The van der Waals surface area contributed by atoms with E-state index in [-0.39, 0.29) is 54.2 Å². The summed E-state index contributed by atoms with van der Waals surface area (Å²) in [6.07, 6.45) is 8.34. The largest absolute Gasteiger partial charge is 0.372 e. The molecule has 5 heteroatoms.